The fourth-order valence-electron chi connectivity index (χ4n) is 2.13. The van der Waals surface area contributed by atoms with Gasteiger partial charge in [-0.3, -0.25) is 4.79 Å². The van der Waals surface area contributed by atoms with Gasteiger partial charge >= 0.3 is 0 Å². The number of nitrogens with one attached hydrogen (secondary N) is 1. The first-order valence-corrected chi connectivity index (χ1v) is 7.41. The van der Waals surface area contributed by atoms with Crippen molar-refractivity contribution in [3.8, 4) is 17.1 Å². The molecule has 1 aromatic heterocycles. The van der Waals surface area contributed by atoms with E-state index in [9.17, 15) is 4.79 Å². The van der Waals surface area contributed by atoms with E-state index in [1.54, 1.807) is 25.3 Å². The summed E-state index contributed by atoms with van der Waals surface area (Å²) in [6.45, 7) is 0. The fraction of sp³-hybridized carbons (Fsp3) is 0.286. The molecule has 1 aromatic carbocycles. The van der Waals surface area contributed by atoms with Crippen molar-refractivity contribution in [2.75, 3.05) is 7.11 Å². The molecule has 104 valence electrons. The highest BCUT2D eigenvalue weighted by Gasteiger charge is 2.29. The van der Waals surface area contributed by atoms with E-state index < -0.39 is 0 Å². The largest absolute Gasteiger partial charge is 0.496 e. The monoisotopic (exact) mass is 354 g/mol. The third kappa shape index (κ3) is 2.36. The molecule has 0 saturated heterocycles. The maximum atomic E-state index is 12.1. The molecule has 6 heteroatoms. The van der Waals surface area contributed by atoms with Crippen molar-refractivity contribution in [3.05, 3.63) is 43.7 Å². The maximum Gasteiger partial charge on any atom is 0.265 e. The van der Waals surface area contributed by atoms with Gasteiger partial charge in [0.1, 0.15) is 16.0 Å². The van der Waals surface area contributed by atoms with Crippen molar-refractivity contribution < 1.29 is 4.74 Å². The van der Waals surface area contributed by atoms with Crippen molar-refractivity contribution in [1.82, 2.24) is 9.97 Å². The van der Waals surface area contributed by atoms with Gasteiger partial charge in [0.05, 0.1) is 23.4 Å². The normalized spacial score (nSPS) is 14.3. The first kappa shape index (κ1) is 13.6. The number of ether oxygens (including phenoxy) is 1. The van der Waals surface area contributed by atoms with Crippen LogP contribution in [0.3, 0.4) is 0 Å². The third-order valence-corrected chi connectivity index (χ3v) is 4.37. The fourth-order valence-corrected chi connectivity index (χ4v) is 2.89. The highest BCUT2D eigenvalue weighted by Crippen LogP contribution is 2.42. The van der Waals surface area contributed by atoms with E-state index in [0.717, 1.165) is 18.5 Å². The van der Waals surface area contributed by atoms with Gasteiger partial charge < -0.3 is 9.72 Å². The van der Waals surface area contributed by atoms with Crippen LogP contribution >= 0.6 is 27.5 Å². The van der Waals surface area contributed by atoms with Gasteiger partial charge in [-0.25, -0.2) is 4.98 Å². The lowest BCUT2D eigenvalue weighted by Crippen LogP contribution is -2.13. The van der Waals surface area contributed by atoms with Crippen LogP contribution in [0.25, 0.3) is 11.4 Å². The van der Waals surface area contributed by atoms with Crippen molar-refractivity contribution in [1.29, 1.82) is 0 Å². The summed E-state index contributed by atoms with van der Waals surface area (Å²) in [5.41, 5.74) is 1.22. The number of H-pyrrole nitrogens is 1. The van der Waals surface area contributed by atoms with Gasteiger partial charge in [-0.15, -0.1) is 0 Å². The highest BCUT2D eigenvalue weighted by molar-refractivity contribution is 9.10. The molecule has 2 aromatic rings. The van der Waals surface area contributed by atoms with Gasteiger partial charge in [0.2, 0.25) is 0 Å². The molecule has 0 unspecified atom stereocenters. The van der Waals surface area contributed by atoms with E-state index in [1.807, 2.05) is 0 Å². The second kappa shape index (κ2) is 5.22. The Hall–Kier alpha value is -1.33. The molecule has 0 atom stereocenters. The highest BCUT2D eigenvalue weighted by atomic mass is 79.9. The van der Waals surface area contributed by atoms with E-state index in [4.69, 9.17) is 16.3 Å². The molecule has 1 fully saturated rings. The molecule has 1 saturated carbocycles. The van der Waals surface area contributed by atoms with Crippen LogP contribution in [0, 0.1) is 0 Å². The minimum absolute atomic E-state index is 0.195. The number of hydrogen-bond donors (Lipinski definition) is 1. The summed E-state index contributed by atoms with van der Waals surface area (Å²) in [6.07, 6.45) is 2.13. The van der Waals surface area contributed by atoms with Gasteiger partial charge in [-0.05, 0) is 40.9 Å². The lowest BCUT2D eigenvalue weighted by molar-refractivity contribution is 0.416. The van der Waals surface area contributed by atoms with E-state index in [2.05, 4.69) is 25.9 Å². The van der Waals surface area contributed by atoms with Gasteiger partial charge in [0.25, 0.3) is 5.56 Å². The Morgan fingerprint density at radius 2 is 2.20 bits per heavy atom. The smallest absolute Gasteiger partial charge is 0.265 e. The van der Waals surface area contributed by atoms with Crippen molar-refractivity contribution in [2.24, 2.45) is 0 Å². The number of aromatic amines is 1. The number of rotatable bonds is 3. The van der Waals surface area contributed by atoms with Gasteiger partial charge in [0.15, 0.2) is 0 Å². The van der Waals surface area contributed by atoms with E-state index in [1.165, 1.54) is 0 Å². The molecule has 4 nitrogen and oxygen atoms in total. The molecule has 0 bridgehead atoms. The Morgan fingerprint density at radius 1 is 1.45 bits per heavy atom. The summed E-state index contributed by atoms with van der Waals surface area (Å²) in [6, 6.07) is 5.34. The molecule has 0 radical (unpaired) electrons. The summed E-state index contributed by atoms with van der Waals surface area (Å²) in [5.74, 6) is 1.39. The van der Waals surface area contributed by atoms with Crippen LogP contribution in [0.4, 0.5) is 0 Å². The number of hydrogen-bond acceptors (Lipinski definition) is 3. The van der Waals surface area contributed by atoms with Gasteiger partial charge in [0, 0.05) is 5.92 Å². The second-order valence-electron chi connectivity index (χ2n) is 4.71. The average Bonchev–Trinajstić information content (AvgIpc) is 3.26. The first-order valence-electron chi connectivity index (χ1n) is 6.24. The van der Waals surface area contributed by atoms with Gasteiger partial charge in [-0.2, -0.15) is 0 Å². The molecule has 3 rings (SSSR count). The zero-order valence-electron chi connectivity index (χ0n) is 10.7. The topological polar surface area (TPSA) is 55.0 Å². The molecular weight excluding hydrogens is 344 g/mol. The first-order chi connectivity index (χ1) is 9.61. The van der Waals surface area contributed by atoms with E-state index in [-0.39, 0.29) is 5.56 Å². The molecular formula is C14H12BrClN2O2. The minimum Gasteiger partial charge on any atom is -0.496 e. The predicted molar refractivity (Wildman–Crippen MR) is 81.5 cm³/mol. The summed E-state index contributed by atoms with van der Waals surface area (Å²) in [5, 5.41) is 0.497. The summed E-state index contributed by atoms with van der Waals surface area (Å²) < 4.78 is 5.82. The molecule has 0 amide bonds. The van der Waals surface area contributed by atoms with Crippen LogP contribution in [-0.4, -0.2) is 17.1 Å². The molecule has 1 aliphatic rings. The summed E-state index contributed by atoms with van der Waals surface area (Å²) in [7, 11) is 1.56. The maximum absolute atomic E-state index is 12.1. The number of benzene rings is 1. The number of aromatic nitrogens is 2. The van der Waals surface area contributed by atoms with Crippen LogP contribution in [0.5, 0.6) is 5.75 Å². The quantitative estimate of drug-likeness (QED) is 0.912. The van der Waals surface area contributed by atoms with Crippen LogP contribution < -0.4 is 10.3 Å². The lowest BCUT2D eigenvalue weighted by Gasteiger charge is -2.11. The van der Waals surface area contributed by atoms with E-state index >= 15 is 0 Å². The predicted octanol–water partition coefficient (Wildman–Crippen LogP) is 3.74. The standard InChI is InChI=1S/C14H12BrClN2O2/c1-20-9-4-2-3-8(16)10(9)13-17-12(7-5-6-7)11(15)14(19)18-13/h2-4,7H,5-6H2,1H3,(H,17,18,19). The Labute approximate surface area is 129 Å². The van der Waals surface area contributed by atoms with E-state index in [0.29, 0.717) is 32.6 Å². The Bertz CT molecular complexity index is 726. The lowest BCUT2D eigenvalue weighted by atomic mass is 10.1. The zero-order chi connectivity index (χ0) is 14.3. The number of halogens is 2. The molecule has 1 N–H and O–H groups in total. The third-order valence-electron chi connectivity index (χ3n) is 3.28. The van der Waals surface area contributed by atoms with Crippen LogP contribution in [0.1, 0.15) is 24.5 Å². The number of methoxy groups -OCH3 is 1. The van der Waals surface area contributed by atoms with Crippen LogP contribution in [0.2, 0.25) is 5.02 Å². The van der Waals surface area contributed by atoms with Crippen LogP contribution in [0.15, 0.2) is 27.5 Å². The Balaban J connectivity index is 2.23. The minimum atomic E-state index is -0.195. The Morgan fingerprint density at radius 3 is 2.85 bits per heavy atom. The Kier molecular flexibility index (Phi) is 3.56. The SMILES string of the molecule is COc1cccc(Cl)c1-c1nc(C2CC2)c(Br)c(=O)[nH]1. The summed E-state index contributed by atoms with van der Waals surface area (Å²) in [4.78, 5) is 19.4. The second-order valence-corrected chi connectivity index (χ2v) is 5.91. The van der Waals surface area contributed by atoms with Crippen molar-refractivity contribution in [2.45, 2.75) is 18.8 Å². The molecule has 0 spiro atoms. The molecule has 1 aliphatic carbocycles. The van der Waals surface area contributed by atoms with Crippen molar-refractivity contribution >= 4 is 27.5 Å². The molecule has 1 heterocycles. The molecule has 20 heavy (non-hydrogen) atoms. The van der Waals surface area contributed by atoms with Gasteiger partial charge in [-0.1, -0.05) is 17.7 Å². The average molecular weight is 356 g/mol. The number of nitrogens with zero attached hydrogens (tertiary/aromatic N) is 1. The van der Waals surface area contributed by atoms with Crippen LogP contribution in [-0.2, 0) is 0 Å². The summed E-state index contributed by atoms with van der Waals surface area (Å²) >= 11 is 9.54. The zero-order valence-corrected chi connectivity index (χ0v) is 13.1. The van der Waals surface area contributed by atoms with Crippen molar-refractivity contribution in [3.63, 3.8) is 0 Å². The molecule has 0 aliphatic heterocycles.